The lowest BCUT2D eigenvalue weighted by Crippen LogP contribution is -2.41. The van der Waals surface area contributed by atoms with E-state index in [-0.39, 0.29) is 18.2 Å². The third-order valence-corrected chi connectivity index (χ3v) is 3.91. The fraction of sp³-hybridized carbons (Fsp3) is 0.917. The van der Waals surface area contributed by atoms with Crippen molar-refractivity contribution in [1.29, 1.82) is 0 Å². The molecule has 0 radical (unpaired) electrons. The molecule has 1 unspecified atom stereocenters. The first kappa shape index (κ1) is 12.6. The molecule has 5 nitrogen and oxygen atoms in total. The molecule has 0 aromatic rings. The zero-order valence-corrected chi connectivity index (χ0v) is 10.4. The number of alkyl carbamates (subject to hydrolysis) is 1. The lowest BCUT2D eigenvalue weighted by Gasteiger charge is -2.32. The van der Waals surface area contributed by atoms with Gasteiger partial charge in [0, 0.05) is 25.2 Å². The lowest BCUT2D eigenvalue weighted by molar-refractivity contribution is 0.0827. The number of rotatable bonds is 2. The first-order valence-electron chi connectivity index (χ1n) is 6.45. The van der Waals surface area contributed by atoms with Gasteiger partial charge in [-0.2, -0.15) is 0 Å². The van der Waals surface area contributed by atoms with Gasteiger partial charge in [-0.25, -0.2) is 4.79 Å². The van der Waals surface area contributed by atoms with E-state index in [1.165, 1.54) is 7.11 Å². The predicted octanol–water partition coefficient (Wildman–Crippen LogP) is 0.720. The Kier molecular flexibility index (Phi) is 4.23. The number of carbonyl (C=O) groups excluding carboxylic acids is 1. The van der Waals surface area contributed by atoms with Crippen molar-refractivity contribution < 1.29 is 14.6 Å². The summed E-state index contributed by atoms with van der Waals surface area (Å²) in [5.41, 5.74) is 0. The van der Waals surface area contributed by atoms with Gasteiger partial charge in [0.05, 0.1) is 13.2 Å². The fourth-order valence-corrected chi connectivity index (χ4v) is 2.89. The molecule has 2 fully saturated rings. The number of amides is 1. The standard InChI is InChI=1S/C12H22N2O3/c1-17-12(16)13-9-6-7-14(8-9)10-2-4-11(15)5-3-10/h9-11,15H,2-8H2,1H3,(H,13,16). The molecule has 1 saturated carbocycles. The fourth-order valence-electron chi connectivity index (χ4n) is 2.89. The van der Waals surface area contributed by atoms with Gasteiger partial charge in [-0.15, -0.1) is 0 Å². The number of nitrogens with one attached hydrogen (secondary N) is 1. The minimum Gasteiger partial charge on any atom is -0.453 e. The van der Waals surface area contributed by atoms with Gasteiger partial charge in [0.25, 0.3) is 0 Å². The molecule has 0 spiro atoms. The summed E-state index contributed by atoms with van der Waals surface area (Å²) < 4.78 is 4.61. The van der Waals surface area contributed by atoms with Gasteiger partial charge in [-0.3, -0.25) is 4.90 Å². The van der Waals surface area contributed by atoms with E-state index < -0.39 is 0 Å². The molecule has 5 heteroatoms. The Morgan fingerprint density at radius 3 is 2.65 bits per heavy atom. The molecule has 1 saturated heterocycles. The zero-order chi connectivity index (χ0) is 12.3. The van der Waals surface area contributed by atoms with Crippen molar-refractivity contribution in [2.75, 3.05) is 20.2 Å². The highest BCUT2D eigenvalue weighted by atomic mass is 16.5. The monoisotopic (exact) mass is 242 g/mol. The van der Waals surface area contributed by atoms with Crippen LogP contribution in [0, 0.1) is 0 Å². The van der Waals surface area contributed by atoms with Crippen LogP contribution in [0.3, 0.4) is 0 Å². The molecule has 2 N–H and O–H groups in total. The van der Waals surface area contributed by atoms with Crippen LogP contribution < -0.4 is 5.32 Å². The molecule has 0 aromatic carbocycles. The van der Waals surface area contributed by atoms with E-state index >= 15 is 0 Å². The SMILES string of the molecule is COC(=O)NC1CCN(C2CCC(O)CC2)C1. The van der Waals surface area contributed by atoms with Gasteiger partial charge in [0.1, 0.15) is 0 Å². The predicted molar refractivity (Wildman–Crippen MR) is 63.8 cm³/mol. The van der Waals surface area contributed by atoms with E-state index in [4.69, 9.17) is 0 Å². The van der Waals surface area contributed by atoms with Crippen molar-refractivity contribution in [3.05, 3.63) is 0 Å². The molecule has 2 rings (SSSR count). The molecule has 0 aromatic heterocycles. The van der Waals surface area contributed by atoms with E-state index in [1.807, 2.05) is 0 Å². The van der Waals surface area contributed by atoms with Crippen molar-refractivity contribution >= 4 is 6.09 Å². The van der Waals surface area contributed by atoms with E-state index in [0.29, 0.717) is 6.04 Å². The number of aliphatic hydroxyl groups excluding tert-OH is 1. The highest BCUT2D eigenvalue weighted by Gasteiger charge is 2.31. The summed E-state index contributed by atoms with van der Waals surface area (Å²) in [5.74, 6) is 0. The molecule has 2 aliphatic rings. The van der Waals surface area contributed by atoms with Crippen LogP contribution in [0.5, 0.6) is 0 Å². The normalized spacial score (nSPS) is 34.6. The Labute approximate surface area is 102 Å². The average molecular weight is 242 g/mol. The average Bonchev–Trinajstić information content (AvgIpc) is 2.78. The lowest BCUT2D eigenvalue weighted by atomic mass is 9.92. The first-order chi connectivity index (χ1) is 8.19. The van der Waals surface area contributed by atoms with Gasteiger partial charge in [0.15, 0.2) is 0 Å². The van der Waals surface area contributed by atoms with Crippen LogP contribution in [0.4, 0.5) is 4.79 Å². The minimum atomic E-state index is -0.337. The van der Waals surface area contributed by atoms with Crippen LogP contribution >= 0.6 is 0 Å². The first-order valence-corrected chi connectivity index (χ1v) is 6.45. The maximum absolute atomic E-state index is 11.1. The topological polar surface area (TPSA) is 61.8 Å². The summed E-state index contributed by atoms with van der Waals surface area (Å²) >= 11 is 0. The Hall–Kier alpha value is -0.810. The quantitative estimate of drug-likeness (QED) is 0.749. The van der Waals surface area contributed by atoms with Crippen LogP contribution in [0.2, 0.25) is 0 Å². The molecular weight excluding hydrogens is 220 g/mol. The highest BCUT2D eigenvalue weighted by Crippen LogP contribution is 2.25. The molecule has 17 heavy (non-hydrogen) atoms. The third kappa shape index (κ3) is 3.33. The van der Waals surface area contributed by atoms with Crippen molar-refractivity contribution in [2.45, 2.75) is 50.3 Å². The summed E-state index contributed by atoms with van der Waals surface area (Å²) in [6.45, 7) is 1.95. The molecule has 1 aliphatic carbocycles. The molecule has 1 heterocycles. The maximum Gasteiger partial charge on any atom is 0.407 e. The summed E-state index contributed by atoms with van der Waals surface area (Å²) in [7, 11) is 1.39. The Morgan fingerprint density at radius 2 is 2.00 bits per heavy atom. The Morgan fingerprint density at radius 1 is 1.29 bits per heavy atom. The Balaban J connectivity index is 1.75. The van der Waals surface area contributed by atoms with Gasteiger partial charge >= 0.3 is 6.09 Å². The number of likely N-dealkylation sites (tertiary alicyclic amines) is 1. The molecule has 1 amide bonds. The van der Waals surface area contributed by atoms with Gasteiger partial charge in [-0.05, 0) is 32.1 Å². The molecule has 1 aliphatic heterocycles. The van der Waals surface area contributed by atoms with E-state index in [9.17, 15) is 9.90 Å². The second-order valence-electron chi connectivity index (χ2n) is 5.08. The van der Waals surface area contributed by atoms with Crippen LogP contribution in [-0.2, 0) is 4.74 Å². The molecule has 98 valence electrons. The van der Waals surface area contributed by atoms with Crippen LogP contribution in [0.25, 0.3) is 0 Å². The van der Waals surface area contributed by atoms with Crippen molar-refractivity contribution in [3.63, 3.8) is 0 Å². The number of aliphatic hydroxyl groups is 1. The van der Waals surface area contributed by atoms with Crippen LogP contribution in [0.1, 0.15) is 32.1 Å². The number of hydrogen-bond acceptors (Lipinski definition) is 4. The van der Waals surface area contributed by atoms with Crippen LogP contribution in [0.15, 0.2) is 0 Å². The van der Waals surface area contributed by atoms with Crippen molar-refractivity contribution in [2.24, 2.45) is 0 Å². The minimum absolute atomic E-state index is 0.0992. The van der Waals surface area contributed by atoms with Gasteiger partial charge < -0.3 is 15.2 Å². The van der Waals surface area contributed by atoms with Gasteiger partial charge in [0.2, 0.25) is 0 Å². The number of nitrogens with zero attached hydrogens (tertiary/aromatic N) is 1. The van der Waals surface area contributed by atoms with E-state index in [0.717, 1.165) is 45.2 Å². The van der Waals surface area contributed by atoms with Crippen molar-refractivity contribution in [3.8, 4) is 0 Å². The summed E-state index contributed by atoms with van der Waals surface area (Å²) in [4.78, 5) is 13.5. The largest absolute Gasteiger partial charge is 0.453 e. The second kappa shape index (κ2) is 5.69. The van der Waals surface area contributed by atoms with E-state index in [1.54, 1.807) is 0 Å². The molecular formula is C12H22N2O3. The number of hydrogen-bond donors (Lipinski definition) is 2. The van der Waals surface area contributed by atoms with Gasteiger partial charge in [-0.1, -0.05) is 0 Å². The molecule has 1 atom stereocenters. The van der Waals surface area contributed by atoms with E-state index in [2.05, 4.69) is 15.0 Å². The molecule has 0 bridgehead atoms. The third-order valence-electron chi connectivity index (χ3n) is 3.91. The van der Waals surface area contributed by atoms with Crippen LogP contribution in [-0.4, -0.2) is 54.5 Å². The number of ether oxygens (including phenoxy) is 1. The maximum atomic E-state index is 11.1. The second-order valence-corrected chi connectivity index (χ2v) is 5.08. The summed E-state index contributed by atoms with van der Waals surface area (Å²) in [6.07, 6.45) is 4.53. The highest BCUT2D eigenvalue weighted by molar-refractivity contribution is 5.67. The number of carbonyl (C=O) groups is 1. The zero-order valence-electron chi connectivity index (χ0n) is 10.4. The summed E-state index contributed by atoms with van der Waals surface area (Å²) in [5, 5.41) is 12.3. The smallest absolute Gasteiger partial charge is 0.407 e. The Bertz CT molecular complexity index is 264. The summed E-state index contributed by atoms with van der Waals surface area (Å²) in [6, 6.07) is 0.803. The number of methoxy groups -OCH3 is 1. The van der Waals surface area contributed by atoms with Crippen molar-refractivity contribution in [1.82, 2.24) is 10.2 Å².